The van der Waals surface area contributed by atoms with Gasteiger partial charge in [0.15, 0.2) is 0 Å². The minimum atomic E-state index is -0.195. The molecule has 1 aliphatic rings. The second-order valence-corrected chi connectivity index (χ2v) is 5.48. The number of hydrogen-bond donors (Lipinski definition) is 0. The van der Waals surface area contributed by atoms with Crippen LogP contribution in [0.25, 0.3) is 0 Å². The van der Waals surface area contributed by atoms with Gasteiger partial charge in [-0.15, -0.1) is 11.8 Å². The van der Waals surface area contributed by atoms with Gasteiger partial charge in [-0.2, -0.15) is 0 Å². The van der Waals surface area contributed by atoms with Crippen LogP contribution in [0.15, 0.2) is 0 Å². The Hall–Kier alpha value is -0.130. The highest BCUT2D eigenvalue weighted by atomic mass is 32.2. The summed E-state index contributed by atoms with van der Waals surface area (Å²) in [6.07, 6.45) is 4.49. The first kappa shape index (κ1) is 13.9. The first-order valence-electron chi connectivity index (χ1n) is 5.65. The number of esters is 1. The first-order chi connectivity index (χ1) is 7.72. The molecule has 1 fully saturated rings. The highest BCUT2D eigenvalue weighted by Gasteiger charge is 2.16. The molecule has 5 heteroatoms. The molecule has 0 spiro atoms. The summed E-state index contributed by atoms with van der Waals surface area (Å²) < 4.78 is 11.3. The molecule has 0 amide bonds. The third kappa shape index (κ3) is 5.82. The lowest BCUT2D eigenvalue weighted by atomic mass is 10.1. The summed E-state index contributed by atoms with van der Waals surface area (Å²) in [6.45, 7) is 3.07. The first-order valence-corrected chi connectivity index (χ1v) is 7.04. The van der Waals surface area contributed by atoms with E-state index in [1.54, 1.807) is 6.92 Å². The van der Waals surface area contributed by atoms with Gasteiger partial charge in [-0.05, 0) is 26.2 Å². The Kier molecular flexibility index (Phi) is 7.00. The Morgan fingerprint density at radius 2 is 2.38 bits per heavy atom. The van der Waals surface area contributed by atoms with E-state index in [4.69, 9.17) is 21.7 Å². The average Bonchev–Trinajstić information content (AvgIpc) is 2.28. The van der Waals surface area contributed by atoms with E-state index in [-0.39, 0.29) is 12.1 Å². The van der Waals surface area contributed by atoms with Crippen LogP contribution in [0.3, 0.4) is 0 Å². The van der Waals surface area contributed by atoms with Gasteiger partial charge < -0.3 is 9.47 Å². The van der Waals surface area contributed by atoms with Crippen molar-refractivity contribution in [3.05, 3.63) is 0 Å². The van der Waals surface area contributed by atoms with Gasteiger partial charge in [0.05, 0.1) is 22.7 Å². The van der Waals surface area contributed by atoms with E-state index in [1.807, 2.05) is 0 Å². The third-order valence-electron chi connectivity index (χ3n) is 2.32. The normalized spacial score (nSPS) is 20.4. The molecule has 1 rings (SSSR count). The van der Waals surface area contributed by atoms with Gasteiger partial charge in [0.25, 0.3) is 0 Å². The second-order valence-electron chi connectivity index (χ2n) is 3.66. The van der Waals surface area contributed by atoms with Crippen molar-refractivity contribution in [2.45, 2.75) is 38.7 Å². The summed E-state index contributed by atoms with van der Waals surface area (Å²) >= 11 is 6.61. The lowest BCUT2D eigenvalue weighted by molar-refractivity contribution is -0.139. The van der Waals surface area contributed by atoms with Crippen LogP contribution in [0.2, 0.25) is 0 Å². The van der Waals surface area contributed by atoms with Crippen molar-refractivity contribution in [3.8, 4) is 0 Å². The fraction of sp³-hybridized carbons (Fsp3) is 0.818. The molecule has 0 aromatic carbocycles. The van der Waals surface area contributed by atoms with E-state index < -0.39 is 0 Å². The monoisotopic (exact) mass is 262 g/mol. The molecule has 1 aliphatic heterocycles. The van der Waals surface area contributed by atoms with Gasteiger partial charge in [0.2, 0.25) is 0 Å². The van der Waals surface area contributed by atoms with E-state index in [2.05, 4.69) is 0 Å². The van der Waals surface area contributed by atoms with Crippen LogP contribution < -0.4 is 0 Å². The third-order valence-corrected chi connectivity index (χ3v) is 3.71. The molecule has 1 heterocycles. The average molecular weight is 262 g/mol. The summed E-state index contributed by atoms with van der Waals surface area (Å²) in [6, 6.07) is 0. The van der Waals surface area contributed by atoms with E-state index >= 15 is 0 Å². The summed E-state index contributed by atoms with van der Waals surface area (Å²) in [5.74, 6) is 0.124. The summed E-state index contributed by atoms with van der Waals surface area (Å²) in [5, 5.41) is 0. The predicted octanol–water partition coefficient (Wildman–Crippen LogP) is 2.57. The van der Waals surface area contributed by atoms with E-state index in [1.165, 1.54) is 18.2 Å². The molecule has 1 atom stereocenters. The van der Waals surface area contributed by atoms with Gasteiger partial charge in [-0.25, -0.2) is 0 Å². The number of thiocarbonyl (C=S) groups is 1. The van der Waals surface area contributed by atoms with Crippen LogP contribution in [0, 0.1) is 0 Å². The lowest BCUT2D eigenvalue weighted by Gasteiger charge is -2.22. The Labute approximate surface area is 106 Å². The Morgan fingerprint density at radius 1 is 1.56 bits per heavy atom. The summed E-state index contributed by atoms with van der Waals surface area (Å²) in [7, 11) is 0. The zero-order valence-electron chi connectivity index (χ0n) is 9.57. The van der Waals surface area contributed by atoms with Crippen LogP contribution in [0.4, 0.5) is 0 Å². The van der Waals surface area contributed by atoms with Gasteiger partial charge in [0, 0.05) is 13.0 Å². The highest BCUT2D eigenvalue weighted by Crippen LogP contribution is 2.20. The number of carbonyl (C=O) groups is 1. The standard InChI is InChI=1S/C11H18O3S2/c1-2-13-10(12)8-16-11(15)7-9-5-3-4-6-14-9/h9H,2-8H2,1H3. The molecule has 3 nitrogen and oxygen atoms in total. The SMILES string of the molecule is CCOC(=O)CSC(=S)CC1CCCCO1. The molecule has 0 aliphatic carbocycles. The molecule has 0 N–H and O–H groups in total. The van der Waals surface area contributed by atoms with Crippen LogP contribution in [-0.2, 0) is 14.3 Å². The number of ether oxygens (including phenoxy) is 2. The maximum Gasteiger partial charge on any atom is 0.316 e. The van der Waals surface area contributed by atoms with Crippen LogP contribution in [-0.4, -0.2) is 35.2 Å². The number of carbonyl (C=O) groups excluding carboxylic acids is 1. The summed E-state index contributed by atoms with van der Waals surface area (Å²) in [4.78, 5) is 11.1. The maximum atomic E-state index is 11.1. The van der Waals surface area contributed by atoms with Gasteiger partial charge in [-0.1, -0.05) is 12.2 Å². The number of rotatable bonds is 5. The van der Waals surface area contributed by atoms with Gasteiger partial charge in [0.1, 0.15) is 0 Å². The molecule has 0 aromatic rings. The van der Waals surface area contributed by atoms with Crippen molar-refractivity contribution in [3.63, 3.8) is 0 Å². The Balaban J connectivity index is 2.12. The minimum Gasteiger partial charge on any atom is -0.465 e. The second kappa shape index (κ2) is 8.03. The molecule has 1 saturated heterocycles. The van der Waals surface area contributed by atoms with Crippen LogP contribution >= 0.6 is 24.0 Å². The molecular weight excluding hydrogens is 244 g/mol. The van der Waals surface area contributed by atoms with Crippen molar-refractivity contribution >= 4 is 34.1 Å². The zero-order valence-corrected chi connectivity index (χ0v) is 11.2. The molecular formula is C11H18O3S2. The topological polar surface area (TPSA) is 35.5 Å². The van der Waals surface area contributed by atoms with Crippen molar-refractivity contribution < 1.29 is 14.3 Å². The number of thioether (sulfide) groups is 1. The van der Waals surface area contributed by atoms with E-state index in [0.717, 1.165) is 30.1 Å². The molecule has 0 bridgehead atoms. The summed E-state index contributed by atoms with van der Waals surface area (Å²) in [5.41, 5.74) is 0. The minimum absolute atomic E-state index is 0.195. The molecule has 0 aromatic heterocycles. The van der Waals surface area contributed by atoms with E-state index in [0.29, 0.717) is 12.4 Å². The lowest BCUT2D eigenvalue weighted by Crippen LogP contribution is -2.21. The van der Waals surface area contributed by atoms with E-state index in [9.17, 15) is 4.79 Å². The molecule has 0 saturated carbocycles. The maximum absolute atomic E-state index is 11.1. The largest absolute Gasteiger partial charge is 0.465 e. The highest BCUT2D eigenvalue weighted by molar-refractivity contribution is 8.23. The van der Waals surface area contributed by atoms with Gasteiger partial charge >= 0.3 is 5.97 Å². The molecule has 16 heavy (non-hydrogen) atoms. The predicted molar refractivity (Wildman–Crippen MR) is 69.9 cm³/mol. The Bertz CT molecular complexity index is 237. The fourth-order valence-corrected chi connectivity index (χ4v) is 2.58. The fourth-order valence-electron chi connectivity index (χ4n) is 1.56. The molecule has 0 radical (unpaired) electrons. The van der Waals surface area contributed by atoms with Crippen molar-refractivity contribution in [2.24, 2.45) is 0 Å². The smallest absolute Gasteiger partial charge is 0.316 e. The van der Waals surface area contributed by atoms with Crippen molar-refractivity contribution in [1.29, 1.82) is 0 Å². The van der Waals surface area contributed by atoms with Crippen molar-refractivity contribution in [1.82, 2.24) is 0 Å². The zero-order chi connectivity index (χ0) is 11.8. The van der Waals surface area contributed by atoms with Crippen molar-refractivity contribution in [2.75, 3.05) is 19.0 Å². The van der Waals surface area contributed by atoms with Crippen LogP contribution in [0.1, 0.15) is 32.6 Å². The number of hydrogen-bond acceptors (Lipinski definition) is 5. The molecule has 92 valence electrons. The quantitative estimate of drug-likeness (QED) is 0.562. The van der Waals surface area contributed by atoms with Gasteiger partial charge in [-0.3, -0.25) is 4.79 Å². The Morgan fingerprint density at radius 3 is 3.00 bits per heavy atom. The molecule has 1 unspecified atom stereocenters. The van der Waals surface area contributed by atoms with Crippen LogP contribution in [0.5, 0.6) is 0 Å².